The summed E-state index contributed by atoms with van der Waals surface area (Å²) in [6.45, 7) is 4.27. The maximum Gasteiger partial charge on any atom is 0.321 e. The Labute approximate surface area is 122 Å². The van der Waals surface area contributed by atoms with Crippen molar-refractivity contribution in [3.05, 3.63) is 41.2 Å². The van der Waals surface area contributed by atoms with E-state index < -0.39 is 0 Å². The summed E-state index contributed by atoms with van der Waals surface area (Å²) >= 11 is 7.57. The first kappa shape index (κ1) is 14.2. The summed E-state index contributed by atoms with van der Waals surface area (Å²) in [7, 11) is 0. The fourth-order valence-electron chi connectivity index (χ4n) is 1.47. The van der Waals surface area contributed by atoms with E-state index in [1.54, 1.807) is 0 Å². The first-order valence-corrected chi connectivity index (χ1v) is 7.44. The number of aromatic nitrogens is 2. The summed E-state index contributed by atoms with van der Waals surface area (Å²) in [5.74, 6) is 1.84. The van der Waals surface area contributed by atoms with E-state index in [9.17, 15) is 0 Å². The molecule has 0 bridgehead atoms. The second-order valence-corrected chi connectivity index (χ2v) is 5.63. The molecule has 1 aromatic heterocycles. The lowest BCUT2D eigenvalue weighted by Crippen LogP contribution is -1.92. The molecular formula is C14H15ClN2OS. The van der Waals surface area contributed by atoms with Gasteiger partial charge in [-0.2, -0.15) is 0 Å². The van der Waals surface area contributed by atoms with Gasteiger partial charge in [-0.3, -0.25) is 0 Å². The summed E-state index contributed by atoms with van der Waals surface area (Å²) in [6.07, 6.45) is 4.19. The number of rotatable bonds is 5. The van der Waals surface area contributed by atoms with Crippen LogP contribution in [0, 0.1) is 6.92 Å². The summed E-state index contributed by atoms with van der Waals surface area (Å²) < 4.78 is 5.61. The van der Waals surface area contributed by atoms with Gasteiger partial charge in [0.15, 0.2) is 0 Å². The number of hydrogen-bond acceptors (Lipinski definition) is 4. The summed E-state index contributed by atoms with van der Waals surface area (Å²) in [5, 5.41) is 0.496. The third kappa shape index (κ3) is 4.11. The minimum absolute atomic E-state index is 0.305. The van der Waals surface area contributed by atoms with Crippen molar-refractivity contribution in [2.45, 2.75) is 25.2 Å². The summed E-state index contributed by atoms with van der Waals surface area (Å²) in [4.78, 5) is 9.26. The van der Waals surface area contributed by atoms with Gasteiger partial charge in [0.05, 0.1) is 17.4 Å². The number of ether oxygens (including phenoxy) is 1. The van der Waals surface area contributed by atoms with Crippen molar-refractivity contribution in [2.75, 3.05) is 5.75 Å². The van der Waals surface area contributed by atoms with Gasteiger partial charge < -0.3 is 4.74 Å². The van der Waals surface area contributed by atoms with Gasteiger partial charge in [-0.05, 0) is 36.8 Å². The minimum Gasteiger partial charge on any atom is -0.424 e. The second-order valence-electron chi connectivity index (χ2n) is 4.06. The molecule has 3 nitrogen and oxygen atoms in total. The Morgan fingerprint density at radius 3 is 2.68 bits per heavy atom. The van der Waals surface area contributed by atoms with Gasteiger partial charge in [-0.1, -0.05) is 24.6 Å². The average Bonchev–Trinajstić information content (AvgIpc) is 2.42. The fourth-order valence-corrected chi connectivity index (χ4v) is 2.49. The Morgan fingerprint density at radius 1 is 1.26 bits per heavy atom. The van der Waals surface area contributed by atoms with Crippen LogP contribution in [0.5, 0.6) is 11.8 Å². The van der Waals surface area contributed by atoms with Gasteiger partial charge in [0.25, 0.3) is 0 Å². The van der Waals surface area contributed by atoms with Crippen molar-refractivity contribution < 1.29 is 4.74 Å². The molecule has 1 heterocycles. The first-order valence-electron chi connectivity index (χ1n) is 6.08. The highest BCUT2D eigenvalue weighted by Crippen LogP contribution is 2.29. The predicted octanol–water partition coefficient (Wildman–Crippen LogP) is 4.73. The molecule has 0 fully saturated rings. The topological polar surface area (TPSA) is 35.0 Å². The second kappa shape index (κ2) is 6.78. The van der Waals surface area contributed by atoms with Gasteiger partial charge in [-0.15, -0.1) is 11.8 Å². The van der Waals surface area contributed by atoms with Gasteiger partial charge >= 0.3 is 6.01 Å². The number of aryl methyl sites for hydroxylation is 1. The molecule has 2 aromatic rings. The Balaban J connectivity index is 2.14. The fraction of sp³-hybridized carbons (Fsp3) is 0.286. The lowest BCUT2D eigenvalue weighted by molar-refractivity contribution is 0.440. The van der Waals surface area contributed by atoms with Gasteiger partial charge in [-0.25, -0.2) is 9.97 Å². The minimum atomic E-state index is 0.305. The SMILES string of the molecule is CCCSc1cc(Oc2ncc(Cl)cn2)ccc1C. The molecular weight excluding hydrogens is 280 g/mol. The van der Waals surface area contributed by atoms with E-state index in [2.05, 4.69) is 23.8 Å². The molecule has 0 N–H and O–H groups in total. The van der Waals surface area contributed by atoms with Crippen LogP contribution < -0.4 is 4.74 Å². The van der Waals surface area contributed by atoms with E-state index in [0.29, 0.717) is 11.0 Å². The van der Waals surface area contributed by atoms with Crippen molar-refractivity contribution in [1.82, 2.24) is 9.97 Å². The molecule has 0 saturated carbocycles. The smallest absolute Gasteiger partial charge is 0.321 e. The van der Waals surface area contributed by atoms with E-state index in [-0.39, 0.29) is 0 Å². The Hall–Kier alpha value is -1.26. The number of halogens is 1. The predicted molar refractivity (Wildman–Crippen MR) is 79.3 cm³/mol. The van der Waals surface area contributed by atoms with Gasteiger partial charge in [0, 0.05) is 4.90 Å². The number of thioether (sulfide) groups is 1. The van der Waals surface area contributed by atoms with E-state index >= 15 is 0 Å². The molecule has 5 heteroatoms. The van der Waals surface area contributed by atoms with E-state index in [4.69, 9.17) is 16.3 Å². The molecule has 0 spiro atoms. The third-order valence-corrected chi connectivity index (χ3v) is 3.99. The largest absolute Gasteiger partial charge is 0.424 e. The molecule has 0 aliphatic heterocycles. The monoisotopic (exact) mass is 294 g/mol. The first-order chi connectivity index (χ1) is 9.19. The van der Waals surface area contributed by atoms with Crippen molar-refractivity contribution in [2.24, 2.45) is 0 Å². The summed E-state index contributed by atoms with van der Waals surface area (Å²) in [5.41, 5.74) is 1.25. The number of benzene rings is 1. The normalized spacial score (nSPS) is 10.5. The molecule has 100 valence electrons. The lowest BCUT2D eigenvalue weighted by Gasteiger charge is -2.08. The van der Waals surface area contributed by atoms with Crippen molar-refractivity contribution in [1.29, 1.82) is 0 Å². The highest BCUT2D eigenvalue weighted by atomic mass is 35.5. The zero-order chi connectivity index (χ0) is 13.7. The van der Waals surface area contributed by atoms with Gasteiger partial charge in [0.2, 0.25) is 0 Å². The van der Waals surface area contributed by atoms with Crippen LogP contribution in [0.1, 0.15) is 18.9 Å². The van der Waals surface area contributed by atoms with Gasteiger partial charge in [0.1, 0.15) is 5.75 Å². The van der Waals surface area contributed by atoms with Crippen LogP contribution in [0.3, 0.4) is 0 Å². The van der Waals surface area contributed by atoms with E-state index in [1.165, 1.54) is 22.9 Å². The summed E-state index contributed by atoms with van der Waals surface area (Å²) in [6, 6.07) is 6.29. The molecule has 0 aliphatic carbocycles. The number of hydrogen-bond donors (Lipinski definition) is 0. The van der Waals surface area contributed by atoms with Crippen molar-refractivity contribution in [3.8, 4) is 11.8 Å². The Morgan fingerprint density at radius 2 is 2.00 bits per heavy atom. The van der Waals surface area contributed by atoms with E-state index in [0.717, 1.165) is 17.9 Å². The van der Waals surface area contributed by atoms with E-state index in [1.807, 2.05) is 30.0 Å². The average molecular weight is 295 g/mol. The molecule has 0 aliphatic rings. The Bertz CT molecular complexity index is 546. The van der Waals surface area contributed by atoms with Crippen LogP contribution in [0.2, 0.25) is 5.02 Å². The van der Waals surface area contributed by atoms with Crippen molar-refractivity contribution in [3.63, 3.8) is 0 Å². The molecule has 0 saturated heterocycles. The standard InChI is InChI=1S/C14H15ClN2OS/c1-3-6-19-13-7-12(5-4-10(13)2)18-14-16-8-11(15)9-17-14/h4-5,7-9H,3,6H2,1-2H3. The zero-order valence-corrected chi connectivity index (χ0v) is 12.5. The maximum atomic E-state index is 5.73. The quantitative estimate of drug-likeness (QED) is 0.747. The van der Waals surface area contributed by atoms with Crippen LogP contribution in [0.4, 0.5) is 0 Å². The zero-order valence-electron chi connectivity index (χ0n) is 10.9. The highest BCUT2D eigenvalue weighted by Gasteiger charge is 2.04. The molecule has 19 heavy (non-hydrogen) atoms. The van der Waals surface area contributed by atoms with Crippen LogP contribution in [-0.4, -0.2) is 15.7 Å². The van der Waals surface area contributed by atoms with Crippen molar-refractivity contribution >= 4 is 23.4 Å². The maximum absolute atomic E-state index is 5.73. The molecule has 0 atom stereocenters. The van der Waals surface area contributed by atoms with Crippen LogP contribution in [0.25, 0.3) is 0 Å². The molecule has 0 amide bonds. The van der Waals surface area contributed by atoms with Crippen LogP contribution in [0.15, 0.2) is 35.5 Å². The number of nitrogens with zero attached hydrogens (tertiary/aromatic N) is 2. The molecule has 0 unspecified atom stereocenters. The lowest BCUT2D eigenvalue weighted by atomic mass is 10.2. The molecule has 2 rings (SSSR count). The molecule has 0 radical (unpaired) electrons. The van der Waals surface area contributed by atoms with Crippen LogP contribution >= 0.6 is 23.4 Å². The van der Waals surface area contributed by atoms with Crippen LogP contribution in [-0.2, 0) is 0 Å². The highest BCUT2D eigenvalue weighted by molar-refractivity contribution is 7.99. The Kier molecular flexibility index (Phi) is 5.05. The molecule has 1 aromatic carbocycles. The third-order valence-electron chi connectivity index (χ3n) is 2.43.